The van der Waals surface area contributed by atoms with E-state index in [2.05, 4.69) is 31.4 Å². The van der Waals surface area contributed by atoms with Gasteiger partial charge in [-0.2, -0.15) is 0 Å². The Labute approximate surface area is 173 Å². The summed E-state index contributed by atoms with van der Waals surface area (Å²) >= 11 is 10.7. The van der Waals surface area contributed by atoms with Gasteiger partial charge >= 0.3 is 0 Å². The molecule has 0 radical (unpaired) electrons. The van der Waals surface area contributed by atoms with Crippen molar-refractivity contribution in [3.63, 3.8) is 0 Å². The maximum absolute atomic E-state index is 13.1. The minimum atomic E-state index is -0.306. The molecule has 0 aliphatic heterocycles. The summed E-state index contributed by atoms with van der Waals surface area (Å²) in [6.07, 6.45) is 0. The molecule has 3 aromatic rings. The molecule has 140 valence electrons. The minimum Gasteiger partial charge on any atom is -0.324 e. The van der Waals surface area contributed by atoms with Gasteiger partial charge in [0.15, 0.2) is 11.0 Å². The zero-order valence-corrected chi connectivity index (χ0v) is 17.4. The van der Waals surface area contributed by atoms with Crippen molar-refractivity contribution in [1.29, 1.82) is 0 Å². The minimum absolute atomic E-state index is 0.161. The molecule has 0 fully saturated rings. The molecule has 0 unspecified atom stereocenters. The maximum atomic E-state index is 13.1. The Morgan fingerprint density at radius 1 is 1.26 bits per heavy atom. The van der Waals surface area contributed by atoms with Crippen LogP contribution in [-0.2, 0) is 11.3 Å². The van der Waals surface area contributed by atoms with Crippen LogP contribution in [0.2, 0.25) is 5.02 Å². The third kappa shape index (κ3) is 4.88. The quantitative estimate of drug-likeness (QED) is 0.501. The molecule has 1 amide bonds. The number of hydrogen-bond donors (Lipinski definition) is 1. The highest BCUT2D eigenvalue weighted by Gasteiger charge is 2.15. The standard InChI is InChI=1S/C18H15BrClFN4OS/c1-2-25-17(11-3-6-13(21)7-4-11)23-24-18(25)27-10-16(26)22-15-8-5-12(19)9-14(15)20/h3-9H,2,10H2,1H3,(H,22,26). The van der Waals surface area contributed by atoms with Crippen LogP contribution in [0.15, 0.2) is 52.1 Å². The van der Waals surface area contributed by atoms with Gasteiger partial charge in [-0.25, -0.2) is 4.39 Å². The van der Waals surface area contributed by atoms with Gasteiger partial charge in [0.2, 0.25) is 5.91 Å². The normalized spacial score (nSPS) is 10.8. The van der Waals surface area contributed by atoms with Crippen LogP contribution in [0.3, 0.4) is 0 Å². The molecular formula is C18H15BrClFN4OS. The Hall–Kier alpha value is -1.90. The molecule has 0 aliphatic rings. The first-order valence-electron chi connectivity index (χ1n) is 8.04. The maximum Gasteiger partial charge on any atom is 0.234 e. The van der Waals surface area contributed by atoms with E-state index in [-0.39, 0.29) is 17.5 Å². The van der Waals surface area contributed by atoms with E-state index in [1.807, 2.05) is 11.5 Å². The molecule has 1 heterocycles. The Morgan fingerprint density at radius 3 is 2.67 bits per heavy atom. The van der Waals surface area contributed by atoms with E-state index >= 15 is 0 Å². The first-order chi connectivity index (χ1) is 13.0. The van der Waals surface area contributed by atoms with Crippen molar-refractivity contribution in [3.05, 3.63) is 57.8 Å². The van der Waals surface area contributed by atoms with Crippen molar-refractivity contribution in [2.24, 2.45) is 0 Å². The monoisotopic (exact) mass is 468 g/mol. The lowest BCUT2D eigenvalue weighted by Crippen LogP contribution is -2.15. The van der Waals surface area contributed by atoms with Crippen LogP contribution in [0, 0.1) is 5.82 Å². The SMILES string of the molecule is CCn1c(SCC(=O)Nc2ccc(Br)cc2Cl)nnc1-c1ccc(F)cc1. The summed E-state index contributed by atoms with van der Waals surface area (Å²) in [5.41, 5.74) is 1.32. The number of rotatable bonds is 6. The number of hydrogen-bond acceptors (Lipinski definition) is 4. The second kappa shape index (κ2) is 8.86. The van der Waals surface area contributed by atoms with Gasteiger partial charge in [0.1, 0.15) is 5.82 Å². The lowest BCUT2D eigenvalue weighted by atomic mass is 10.2. The number of thioether (sulfide) groups is 1. The summed E-state index contributed by atoms with van der Waals surface area (Å²) in [7, 11) is 0. The zero-order chi connectivity index (χ0) is 19.4. The number of benzene rings is 2. The number of nitrogens with one attached hydrogen (secondary N) is 1. The molecule has 0 bridgehead atoms. The molecule has 9 heteroatoms. The fourth-order valence-corrected chi connectivity index (χ4v) is 3.92. The van der Waals surface area contributed by atoms with Crippen molar-refractivity contribution >= 4 is 50.9 Å². The Kier molecular flexibility index (Phi) is 6.51. The van der Waals surface area contributed by atoms with Crippen LogP contribution in [0.5, 0.6) is 0 Å². The topological polar surface area (TPSA) is 59.8 Å². The Morgan fingerprint density at radius 2 is 2.00 bits per heavy atom. The number of carbonyl (C=O) groups is 1. The van der Waals surface area contributed by atoms with E-state index in [1.165, 1.54) is 23.9 Å². The van der Waals surface area contributed by atoms with E-state index in [0.29, 0.717) is 28.2 Å². The summed E-state index contributed by atoms with van der Waals surface area (Å²) in [6.45, 7) is 2.59. The van der Waals surface area contributed by atoms with Crippen LogP contribution in [0.25, 0.3) is 11.4 Å². The number of carbonyl (C=O) groups excluding carboxylic acids is 1. The molecule has 5 nitrogen and oxygen atoms in total. The molecule has 1 aromatic heterocycles. The van der Waals surface area contributed by atoms with Crippen molar-refractivity contribution in [2.45, 2.75) is 18.6 Å². The van der Waals surface area contributed by atoms with Crippen molar-refractivity contribution in [1.82, 2.24) is 14.8 Å². The molecule has 3 rings (SSSR count). The van der Waals surface area contributed by atoms with Gasteiger partial charge < -0.3 is 9.88 Å². The highest BCUT2D eigenvalue weighted by atomic mass is 79.9. The van der Waals surface area contributed by atoms with Gasteiger partial charge in [0.05, 0.1) is 16.5 Å². The van der Waals surface area contributed by atoms with Crippen LogP contribution in [0.1, 0.15) is 6.92 Å². The predicted octanol–water partition coefficient (Wildman–Crippen LogP) is 5.25. The second-order valence-electron chi connectivity index (χ2n) is 5.52. The second-order valence-corrected chi connectivity index (χ2v) is 7.78. The van der Waals surface area contributed by atoms with Gasteiger partial charge in [-0.05, 0) is 49.4 Å². The smallest absolute Gasteiger partial charge is 0.234 e. The molecule has 1 N–H and O–H groups in total. The van der Waals surface area contributed by atoms with Gasteiger partial charge in [-0.15, -0.1) is 10.2 Å². The number of halogens is 3. The summed E-state index contributed by atoms with van der Waals surface area (Å²) in [5.74, 6) is 0.294. The first kappa shape index (κ1) is 19.9. The summed E-state index contributed by atoms with van der Waals surface area (Å²) in [6, 6.07) is 11.3. The molecule has 0 spiro atoms. The van der Waals surface area contributed by atoms with E-state index in [9.17, 15) is 9.18 Å². The highest BCUT2D eigenvalue weighted by Crippen LogP contribution is 2.27. The molecule has 0 aliphatic carbocycles. The Balaban J connectivity index is 1.69. The van der Waals surface area contributed by atoms with Crippen LogP contribution < -0.4 is 5.32 Å². The fourth-order valence-electron chi connectivity index (χ4n) is 2.40. The zero-order valence-electron chi connectivity index (χ0n) is 14.2. The molecule has 2 aromatic carbocycles. The van der Waals surface area contributed by atoms with E-state index in [1.54, 1.807) is 30.3 Å². The van der Waals surface area contributed by atoms with E-state index in [4.69, 9.17) is 11.6 Å². The van der Waals surface area contributed by atoms with Crippen LogP contribution in [-0.4, -0.2) is 26.4 Å². The lowest BCUT2D eigenvalue weighted by molar-refractivity contribution is -0.113. The average molecular weight is 470 g/mol. The lowest BCUT2D eigenvalue weighted by Gasteiger charge is -2.09. The molecule has 27 heavy (non-hydrogen) atoms. The largest absolute Gasteiger partial charge is 0.324 e. The number of nitrogens with zero attached hydrogens (tertiary/aromatic N) is 3. The van der Waals surface area contributed by atoms with Crippen molar-refractivity contribution < 1.29 is 9.18 Å². The van der Waals surface area contributed by atoms with Crippen molar-refractivity contribution in [2.75, 3.05) is 11.1 Å². The molecule has 0 atom stereocenters. The third-order valence-electron chi connectivity index (χ3n) is 3.67. The number of anilines is 1. The van der Waals surface area contributed by atoms with Gasteiger partial charge in [0.25, 0.3) is 0 Å². The number of aromatic nitrogens is 3. The van der Waals surface area contributed by atoms with Crippen molar-refractivity contribution in [3.8, 4) is 11.4 Å². The van der Waals surface area contributed by atoms with Gasteiger partial charge in [-0.3, -0.25) is 4.79 Å². The van der Waals surface area contributed by atoms with E-state index < -0.39 is 0 Å². The van der Waals surface area contributed by atoms with Gasteiger partial charge in [0, 0.05) is 16.6 Å². The van der Waals surface area contributed by atoms with Crippen LogP contribution in [0.4, 0.5) is 10.1 Å². The van der Waals surface area contributed by atoms with E-state index in [0.717, 1.165) is 10.0 Å². The summed E-state index contributed by atoms with van der Waals surface area (Å²) in [4.78, 5) is 12.2. The van der Waals surface area contributed by atoms with Gasteiger partial charge in [-0.1, -0.05) is 39.3 Å². The average Bonchev–Trinajstić information content (AvgIpc) is 3.06. The van der Waals surface area contributed by atoms with Crippen LogP contribution >= 0.6 is 39.3 Å². The fraction of sp³-hybridized carbons (Fsp3) is 0.167. The predicted molar refractivity (Wildman–Crippen MR) is 110 cm³/mol. The highest BCUT2D eigenvalue weighted by molar-refractivity contribution is 9.10. The summed E-state index contributed by atoms with van der Waals surface area (Å²) < 4.78 is 15.8. The third-order valence-corrected chi connectivity index (χ3v) is 5.45. The molecular weight excluding hydrogens is 455 g/mol. The summed E-state index contributed by atoms with van der Waals surface area (Å²) in [5, 5.41) is 12.2. The molecule has 0 saturated heterocycles. The molecule has 0 saturated carbocycles. The number of amides is 1. The first-order valence-corrected chi connectivity index (χ1v) is 10.2. The Bertz CT molecular complexity index is 964.